The summed E-state index contributed by atoms with van der Waals surface area (Å²) in [6, 6.07) is 12.2. The molecular formula is C22H29NO3. The first kappa shape index (κ1) is 19.8. The topological polar surface area (TPSA) is 47.6 Å². The Balaban J connectivity index is 1.99. The molecule has 0 radical (unpaired) electrons. The second kappa shape index (κ2) is 9.27. The van der Waals surface area contributed by atoms with E-state index in [1.807, 2.05) is 18.2 Å². The lowest BCUT2D eigenvalue weighted by Crippen LogP contribution is -2.28. The minimum Gasteiger partial charge on any atom is -0.493 e. The average molecular weight is 355 g/mol. The Labute approximate surface area is 156 Å². The van der Waals surface area contributed by atoms with Crippen molar-refractivity contribution in [2.45, 2.75) is 46.1 Å². The molecule has 4 nitrogen and oxygen atoms in total. The van der Waals surface area contributed by atoms with Crippen molar-refractivity contribution in [1.82, 2.24) is 5.32 Å². The third-order valence-corrected chi connectivity index (χ3v) is 4.63. The minimum atomic E-state index is 0.0495. The van der Waals surface area contributed by atoms with Gasteiger partial charge in [0, 0.05) is 6.42 Å². The van der Waals surface area contributed by atoms with Crippen LogP contribution in [0, 0.1) is 13.8 Å². The Morgan fingerprint density at radius 2 is 1.77 bits per heavy atom. The highest BCUT2D eigenvalue weighted by molar-refractivity contribution is 5.76. The van der Waals surface area contributed by atoms with E-state index in [0.717, 1.165) is 12.0 Å². The molecule has 26 heavy (non-hydrogen) atoms. The quantitative estimate of drug-likeness (QED) is 0.757. The van der Waals surface area contributed by atoms with Crippen molar-refractivity contribution < 1.29 is 14.3 Å². The van der Waals surface area contributed by atoms with E-state index in [1.165, 1.54) is 16.7 Å². The highest BCUT2D eigenvalue weighted by atomic mass is 16.5. The highest BCUT2D eigenvalue weighted by Gasteiger charge is 2.15. The number of hydrogen-bond donors (Lipinski definition) is 1. The van der Waals surface area contributed by atoms with Gasteiger partial charge in [-0.25, -0.2) is 0 Å². The van der Waals surface area contributed by atoms with Gasteiger partial charge in [0.05, 0.1) is 20.3 Å². The number of carbonyl (C=O) groups is 1. The zero-order valence-electron chi connectivity index (χ0n) is 16.4. The van der Waals surface area contributed by atoms with Gasteiger partial charge in [-0.3, -0.25) is 4.79 Å². The number of amides is 1. The van der Waals surface area contributed by atoms with Crippen LogP contribution in [0.5, 0.6) is 11.5 Å². The molecule has 0 heterocycles. The maximum Gasteiger partial charge on any atom is 0.220 e. The first-order valence-corrected chi connectivity index (χ1v) is 9.05. The van der Waals surface area contributed by atoms with Crippen molar-refractivity contribution in [3.8, 4) is 11.5 Å². The molecule has 0 aliphatic heterocycles. The lowest BCUT2D eigenvalue weighted by Gasteiger charge is -2.20. The molecule has 1 N–H and O–H groups in total. The van der Waals surface area contributed by atoms with Crippen molar-refractivity contribution in [3.63, 3.8) is 0 Å². The third kappa shape index (κ3) is 5.01. The van der Waals surface area contributed by atoms with Crippen LogP contribution in [0.15, 0.2) is 36.4 Å². The second-order valence-electron chi connectivity index (χ2n) is 6.58. The van der Waals surface area contributed by atoms with E-state index in [1.54, 1.807) is 14.2 Å². The normalized spacial score (nSPS) is 11.7. The van der Waals surface area contributed by atoms with Gasteiger partial charge in [-0.1, -0.05) is 36.8 Å². The molecule has 0 bridgehead atoms. The van der Waals surface area contributed by atoms with Crippen LogP contribution in [0.2, 0.25) is 0 Å². The Bertz CT molecular complexity index is 755. The third-order valence-electron chi connectivity index (χ3n) is 4.63. The zero-order valence-corrected chi connectivity index (χ0v) is 16.4. The Hall–Kier alpha value is -2.49. The molecule has 0 fully saturated rings. The molecule has 0 saturated heterocycles. The number of nitrogens with one attached hydrogen (secondary N) is 1. The van der Waals surface area contributed by atoms with Gasteiger partial charge < -0.3 is 14.8 Å². The van der Waals surface area contributed by atoms with Gasteiger partial charge in [0.2, 0.25) is 5.91 Å². The molecule has 0 saturated carbocycles. The van der Waals surface area contributed by atoms with Crippen LogP contribution in [-0.4, -0.2) is 20.1 Å². The molecule has 2 aromatic carbocycles. The van der Waals surface area contributed by atoms with Gasteiger partial charge in [-0.15, -0.1) is 0 Å². The first-order chi connectivity index (χ1) is 12.5. The zero-order chi connectivity index (χ0) is 19.1. The van der Waals surface area contributed by atoms with Gasteiger partial charge in [0.1, 0.15) is 0 Å². The van der Waals surface area contributed by atoms with E-state index < -0.39 is 0 Å². The SMILES string of the molecule is CC[C@@H](NC(=O)CCc1ccc(OC)c(OC)c1)c1ccc(C)cc1C. The monoisotopic (exact) mass is 355 g/mol. The van der Waals surface area contributed by atoms with Crippen LogP contribution >= 0.6 is 0 Å². The summed E-state index contributed by atoms with van der Waals surface area (Å²) in [5.41, 5.74) is 4.70. The molecule has 140 valence electrons. The van der Waals surface area contributed by atoms with Crippen molar-refractivity contribution >= 4 is 5.91 Å². The molecule has 0 spiro atoms. The van der Waals surface area contributed by atoms with E-state index in [2.05, 4.69) is 44.3 Å². The van der Waals surface area contributed by atoms with Crippen molar-refractivity contribution in [1.29, 1.82) is 0 Å². The van der Waals surface area contributed by atoms with Gasteiger partial charge in [0.25, 0.3) is 0 Å². The van der Waals surface area contributed by atoms with Gasteiger partial charge in [0.15, 0.2) is 11.5 Å². The van der Waals surface area contributed by atoms with Gasteiger partial charge >= 0.3 is 0 Å². The number of methoxy groups -OCH3 is 2. The summed E-state index contributed by atoms with van der Waals surface area (Å²) in [6.45, 7) is 6.28. The Morgan fingerprint density at radius 3 is 2.38 bits per heavy atom. The molecule has 1 amide bonds. The number of carbonyl (C=O) groups excluding carboxylic acids is 1. The Kier molecular flexibility index (Phi) is 7.07. The summed E-state index contributed by atoms with van der Waals surface area (Å²) >= 11 is 0. The molecule has 2 aromatic rings. The maximum atomic E-state index is 12.4. The molecule has 1 atom stereocenters. The predicted molar refractivity (Wildman–Crippen MR) is 105 cm³/mol. The summed E-state index contributed by atoms with van der Waals surface area (Å²) in [4.78, 5) is 12.4. The smallest absolute Gasteiger partial charge is 0.220 e. The predicted octanol–water partition coefficient (Wildman–Crippen LogP) is 4.52. The number of rotatable bonds is 8. The highest BCUT2D eigenvalue weighted by Crippen LogP contribution is 2.28. The minimum absolute atomic E-state index is 0.0495. The van der Waals surface area contributed by atoms with E-state index in [4.69, 9.17) is 9.47 Å². The van der Waals surface area contributed by atoms with E-state index >= 15 is 0 Å². The van der Waals surface area contributed by atoms with Crippen LogP contribution in [0.25, 0.3) is 0 Å². The summed E-state index contributed by atoms with van der Waals surface area (Å²) in [5.74, 6) is 1.44. The van der Waals surface area contributed by atoms with E-state index in [-0.39, 0.29) is 11.9 Å². The van der Waals surface area contributed by atoms with E-state index in [9.17, 15) is 4.79 Å². The standard InChI is InChI=1S/C22H29NO3/c1-6-19(18-10-7-15(2)13-16(18)3)23-22(24)12-9-17-8-11-20(25-4)21(14-17)26-5/h7-8,10-11,13-14,19H,6,9,12H2,1-5H3,(H,23,24)/t19-/m1/s1. The maximum absolute atomic E-state index is 12.4. The fourth-order valence-electron chi connectivity index (χ4n) is 3.18. The molecule has 0 aromatic heterocycles. The van der Waals surface area contributed by atoms with Crippen LogP contribution < -0.4 is 14.8 Å². The molecule has 0 aliphatic carbocycles. The van der Waals surface area contributed by atoms with Crippen molar-refractivity contribution in [3.05, 3.63) is 58.7 Å². The average Bonchev–Trinajstić information content (AvgIpc) is 2.64. The van der Waals surface area contributed by atoms with Gasteiger partial charge in [-0.05, 0) is 55.5 Å². The lowest BCUT2D eigenvalue weighted by molar-refractivity contribution is -0.121. The van der Waals surface area contributed by atoms with Crippen LogP contribution in [0.4, 0.5) is 0 Å². The Morgan fingerprint density at radius 1 is 1.04 bits per heavy atom. The molecule has 2 rings (SSSR count). The summed E-state index contributed by atoms with van der Waals surface area (Å²) < 4.78 is 10.6. The summed E-state index contributed by atoms with van der Waals surface area (Å²) in [6.07, 6.45) is 1.97. The summed E-state index contributed by atoms with van der Waals surface area (Å²) in [5, 5.41) is 3.17. The molecular weight excluding hydrogens is 326 g/mol. The van der Waals surface area contributed by atoms with E-state index in [0.29, 0.717) is 24.3 Å². The number of aryl methyl sites for hydroxylation is 3. The van der Waals surface area contributed by atoms with Crippen LogP contribution in [-0.2, 0) is 11.2 Å². The largest absolute Gasteiger partial charge is 0.493 e. The number of benzene rings is 2. The number of ether oxygens (including phenoxy) is 2. The number of hydrogen-bond acceptors (Lipinski definition) is 3. The first-order valence-electron chi connectivity index (χ1n) is 9.05. The fourth-order valence-corrected chi connectivity index (χ4v) is 3.18. The van der Waals surface area contributed by atoms with Crippen LogP contribution in [0.3, 0.4) is 0 Å². The fraction of sp³-hybridized carbons (Fsp3) is 0.409. The van der Waals surface area contributed by atoms with Gasteiger partial charge in [-0.2, -0.15) is 0 Å². The van der Waals surface area contributed by atoms with Crippen LogP contribution in [0.1, 0.15) is 48.1 Å². The molecule has 0 aliphatic rings. The summed E-state index contributed by atoms with van der Waals surface area (Å²) in [7, 11) is 3.23. The molecule has 4 heteroatoms. The molecule has 0 unspecified atom stereocenters. The lowest BCUT2D eigenvalue weighted by atomic mass is 9.97. The van der Waals surface area contributed by atoms with Crippen molar-refractivity contribution in [2.24, 2.45) is 0 Å². The second-order valence-corrected chi connectivity index (χ2v) is 6.58. The van der Waals surface area contributed by atoms with Crippen molar-refractivity contribution in [2.75, 3.05) is 14.2 Å².